The Morgan fingerprint density at radius 1 is 1.50 bits per heavy atom. The smallest absolute Gasteiger partial charge is 0.299 e. The molecule has 1 aromatic rings. The third-order valence-electron chi connectivity index (χ3n) is 2.53. The van der Waals surface area contributed by atoms with E-state index in [4.69, 9.17) is 4.74 Å². The van der Waals surface area contributed by atoms with Gasteiger partial charge in [0.1, 0.15) is 0 Å². The van der Waals surface area contributed by atoms with E-state index >= 15 is 0 Å². The summed E-state index contributed by atoms with van der Waals surface area (Å²) in [6, 6.07) is 8.26. The van der Waals surface area contributed by atoms with Crippen molar-refractivity contribution in [2.45, 2.75) is 13.3 Å². The Morgan fingerprint density at radius 2 is 2.31 bits per heavy atom. The molecule has 1 heterocycles. The Morgan fingerprint density at radius 3 is 2.94 bits per heavy atom. The minimum atomic E-state index is -0.0644. The molecular formula is C12H14N2O2. The van der Waals surface area contributed by atoms with Crippen LogP contribution in [0.4, 0.5) is 5.69 Å². The minimum absolute atomic E-state index is 0.0644. The molecule has 0 atom stereocenters. The third-order valence-corrected chi connectivity index (χ3v) is 2.53. The van der Waals surface area contributed by atoms with Crippen LogP contribution in [0.15, 0.2) is 29.3 Å². The Labute approximate surface area is 94.5 Å². The highest BCUT2D eigenvalue weighted by molar-refractivity contribution is 6.00. The standard InChI is InChI=1S/C12H14N2O2/c1-3-9-5-4-6-10(7-9)13-12-14(2)11(15)8-16-12/h4-7H,3,8H2,1-2H3. The highest BCUT2D eigenvalue weighted by Gasteiger charge is 2.25. The second-order valence-corrected chi connectivity index (χ2v) is 3.66. The molecule has 0 N–H and O–H groups in total. The van der Waals surface area contributed by atoms with Crippen molar-refractivity contribution in [3.05, 3.63) is 29.8 Å². The molecule has 1 amide bonds. The van der Waals surface area contributed by atoms with Crippen LogP contribution >= 0.6 is 0 Å². The minimum Gasteiger partial charge on any atom is -0.454 e. The van der Waals surface area contributed by atoms with Crippen LogP contribution < -0.4 is 0 Å². The summed E-state index contributed by atoms with van der Waals surface area (Å²) in [4.78, 5) is 16.9. The first kappa shape index (κ1) is 10.7. The van der Waals surface area contributed by atoms with Crippen molar-refractivity contribution in [3.8, 4) is 0 Å². The van der Waals surface area contributed by atoms with Gasteiger partial charge in [0.05, 0.1) is 5.69 Å². The van der Waals surface area contributed by atoms with Crippen LogP contribution in [0.1, 0.15) is 12.5 Å². The molecule has 4 heteroatoms. The lowest BCUT2D eigenvalue weighted by atomic mass is 10.1. The van der Waals surface area contributed by atoms with Crippen LogP contribution in [-0.4, -0.2) is 30.5 Å². The molecule has 1 aromatic carbocycles. The van der Waals surface area contributed by atoms with Crippen molar-refractivity contribution in [1.29, 1.82) is 0 Å². The van der Waals surface area contributed by atoms with Crippen molar-refractivity contribution in [2.24, 2.45) is 4.99 Å². The van der Waals surface area contributed by atoms with Crippen LogP contribution in [0.3, 0.4) is 0 Å². The molecule has 1 fully saturated rings. The number of hydrogen-bond donors (Lipinski definition) is 0. The van der Waals surface area contributed by atoms with E-state index in [9.17, 15) is 4.79 Å². The van der Waals surface area contributed by atoms with Crippen molar-refractivity contribution in [1.82, 2.24) is 4.90 Å². The van der Waals surface area contributed by atoms with Gasteiger partial charge in [0.2, 0.25) is 0 Å². The van der Waals surface area contributed by atoms with E-state index in [-0.39, 0.29) is 12.5 Å². The van der Waals surface area contributed by atoms with Gasteiger partial charge in [-0.2, -0.15) is 4.99 Å². The summed E-state index contributed by atoms with van der Waals surface area (Å²) in [5, 5.41) is 0. The molecule has 1 aliphatic heterocycles. The van der Waals surface area contributed by atoms with Gasteiger partial charge in [-0.1, -0.05) is 19.1 Å². The molecule has 4 nitrogen and oxygen atoms in total. The molecule has 1 saturated heterocycles. The molecule has 0 aromatic heterocycles. The van der Waals surface area contributed by atoms with Crippen LogP contribution in [0.25, 0.3) is 0 Å². The van der Waals surface area contributed by atoms with Gasteiger partial charge in [-0.3, -0.25) is 9.69 Å². The van der Waals surface area contributed by atoms with Gasteiger partial charge in [-0.15, -0.1) is 0 Å². The monoisotopic (exact) mass is 218 g/mol. The highest BCUT2D eigenvalue weighted by atomic mass is 16.5. The Balaban J connectivity index is 2.25. The topological polar surface area (TPSA) is 41.9 Å². The van der Waals surface area contributed by atoms with E-state index in [2.05, 4.69) is 11.9 Å². The number of amidine groups is 1. The first-order chi connectivity index (χ1) is 7.70. The lowest BCUT2D eigenvalue weighted by Crippen LogP contribution is -2.24. The number of carbonyl (C=O) groups excluding carboxylic acids is 1. The van der Waals surface area contributed by atoms with E-state index in [0.29, 0.717) is 6.02 Å². The molecule has 84 valence electrons. The number of ether oxygens (including phenoxy) is 1. The maximum absolute atomic E-state index is 11.2. The highest BCUT2D eigenvalue weighted by Crippen LogP contribution is 2.17. The SMILES string of the molecule is CCc1cccc(N=C2OCC(=O)N2C)c1. The average molecular weight is 218 g/mol. The summed E-state index contributed by atoms with van der Waals surface area (Å²) in [5.41, 5.74) is 2.03. The lowest BCUT2D eigenvalue weighted by Gasteiger charge is -2.06. The van der Waals surface area contributed by atoms with Gasteiger partial charge >= 0.3 is 0 Å². The average Bonchev–Trinajstić information content (AvgIpc) is 2.61. The van der Waals surface area contributed by atoms with Gasteiger partial charge in [-0.05, 0) is 24.1 Å². The lowest BCUT2D eigenvalue weighted by molar-refractivity contribution is -0.124. The molecule has 0 bridgehead atoms. The zero-order valence-electron chi connectivity index (χ0n) is 9.43. The maximum atomic E-state index is 11.2. The van der Waals surface area contributed by atoms with Gasteiger partial charge in [0.25, 0.3) is 11.9 Å². The van der Waals surface area contributed by atoms with Crippen LogP contribution in [0.5, 0.6) is 0 Å². The number of aryl methyl sites for hydroxylation is 1. The fraction of sp³-hybridized carbons (Fsp3) is 0.333. The van der Waals surface area contributed by atoms with Crippen LogP contribution in [0.2, 0.25) is 0 Å². The summed E-state index contributed by atoms with van der Waals surface area (Å²) in [6.45, 7) is 2.18. The number of aliphatic imine (C=N–C) groups is 1. The Kier molecular flexibility index (Phi) is 2.90. The zero-order chi connectivity index (χ0) is 11.5. The van der Waals surface area contributed by atoms with E-state index in [0.717, 1.165) is 12.1 Å². The van der Waals surface area contributed by atoms with E-state index < -0.39 is 0 Å². The number of hydrogen-bond acceptors (Lipinski definition) is 3. The number of likely N-dealkylation sites (N-methyl/N-ethyl adjacent to an activating group) is 1. The normalized spacial score (nSPS) is 18.0. The number of nitrogens with zero attached hydrogens (tertiary/aromatic N) is 2. The van der Waals surface area contributed by atoms with Crippen LogP contribution in [-0.2, 0) is 16.0 Å². The predicted octanol–water partition coefficient (Wildman–Crippen LogP) is 1.73. The molecule has 0 unspecified atom stereocenters. The molecule has 2 rings (SSSR count). The van der Waals surface area contributed by atoms with Crippen molar-refractivity contribution >= 4 is 17.6 Å². The molecule has 16 heavy (non-hydrogen) atoms. The summed E-state index contributed by atoms with van der Waals surface area (Å²) in [6.07, 6.45) is 0.967. The summed E-state index contributed by atoms with van der Waals surface area (Å²) in [7, 11) is 1.66. The van der Waals surface area contributed by atoms with Gasteiger partial charge in [0.15, 0.2) is 6.61 Å². The number of amides is 1. The molecule has 0 spiro atoms. The molecule has 0 saturated carbocycles. The van der Waals surface area contributed by atoms with Crippen molar-refractivity contribution in [2.75, 3.05) is 13.7 Å². The second kappa shape index (κ2) is 4.35. The van der Waals surface area contributed by atoms with Gasteiger partial charge < -0.3 is 4.74 Å². The number of carbonyl (C=O) groups is 1. The summed E-state index contributed by atoms with van der Waals surface area (Å²) < 4.78 is 5.18. The fourth-order valence-electron chi connectivity index (χ4n) is 1.49. The van der Waals surface area contributed by atoms with Gasteiger partial charge in [-0.25, -0.2) is 0 Å². The van der Waals surface area contributed by atoms with E-state index in [1.165, 1.54) is 10.5 Å². The molecule has 1 aliphatic rings. The van der Waals surface area contributed by atoms with Crippen LogP contribution in [0, 0.1) is 0 Å². The molecule has 0 aliphatic carbocycles. The number of benzene rings is 1. The van der Waals surface area contributed by atoms with E-state index in [1.54, 1.807) is 7.05 Å². The molecule has 0 radical (unpaired) electrons. The van der Waals surface area contributed by atoms with Crippen molar-refractivity contribution in [3.63, 3.8) is 0 Å². The molecular weight excluding hydrogens is 204 g/mol. The Bertz CT molecular complexity index is 440. The van der Waals surface area contributed by atoms with Gasteiger partial charge in [0, 0.05) is 7.05 Å². The zero-order valence-corrected chi connectivity index (χ0v) is 9.43. The largest absolute Gasteiger partial charge is 0.454 e. The second-order valence-electron chi connectivity index (χ2n) is 3.66. The predicted molar refractivity (Wildman–Crippen MR) is 61.6 cm³/mol. The summed E-state index contributed by atoms with van der Waals surface area (Å²) >= 11 is 0. The maximum Gasteiger partial charge on any atom is 0.299 e. The Hall–Kier alpha value is -1.84. The third kappa shape index (κ3) is 2.05. The van der Waals surface area contributed by atoms with Crippen molar-refractivity contribution < 1.29 is 9.53 Å². The fourth-order valence-corrected chi connectivity index (χ4v) is 1.49. The quantitative estimate of drug-likeness (QED) is 0.758. The first-order valence-corrected chi connectivity index (χ1v) is 5.27. The summed E-state index contributed by atoms with van der Waals surface area (Å²) in [5.74, 6) is -0.0644. The first-order valence-electron chi connectivity index (χ1n) is 5.27. The van der Waals surface area contributed by atoms with E-state index in [1.807, 2.05) is 24.3 Å². The number of rotatable bonds is 2.